The predicted octanol–water partition coefficient (Wildman–Crippen LogP) is 3.35. The van der Waals surface area contributed by atoms with Gasteiger partial charge in [0.05, 0.1) is 6.07 Å². The van der Waals surface area contributed by atoms with Gasteiger partial charge < -0.3 is 13.8 Å². The first-order valence-electron chi connectivity index (χ1n) is 11.2. The monoisotopic (exact) mass is 526 g/mol. The minimum Gasteiger partial charge on any atom is -0.445 e. The Morgan fingerprint density at radius 3 is 2.64 bits per heavy atom. The lowest BCUT2D eigenvalue weighted by atomic mass is 10.1. The fraction of sp³-hybridized carbons (Fsp3) is 0.250. The van der Waals surface area contributed by atoms with Gasteiger partial charge in [-0.05, 0) is 31.0 Å². The van der Waals surface area contributed by atoms with E-state index in [-0.39, 0.29) is 28.3 Å². The van der Waals surface area contributed by atoms with Crippen LogP contribution in [0.25, 0.3) is 4.96 Å². The van der Waals surface area contributed by atoms with Gasteiger partial charge in [-0.15, -0.1) is 0 Å². The molecule has 0 bridgehead atoms. The van der Waals surface area contributed by atoms with E-state index in [1.165, 1.54) is 12.1 Å². The Bertz CT molecular complexity index is 1570. The largest absolute Gasteiger partial charge is 0.445 e. The molecular formula is C24H22N4O6S2. The number of carbonyl (C=O) groups excluding carboxylic acids is 1. The average Bonchev–Trinajstić information content (AvgIpc) is 3.51. The first-order chi connectivity index (χ1) is 17.3. The summed E-state index contributed by atoms with van der Waals surface area (Å²) in [7, 11) is -4.15. The third-order valence-electron chi connectivity index (χ3n) is 5.74. The molecule has 0 N–H and O–H groups in total. The average molecular weight is 527 g/mol. The number of fused-ring (bicyclic) bond motifs is 1. The maximum atomic E-state index is 12.6. The highest BCUT2D eigenvalue weighted by Gasteiger charge is 2.31. The van der Waals surface area contributed by atoms with E-state index in [9.17, 15) is 18.0 Å². The summed E-state index contributed by atoms with van der Waals surface area (Å²) in [5, 5.41) is 4.99. The van der Waals surface area contributed by atoms with Gasteiger partial charge in [0.1, 0.15) is 16.5 Å². The maximum Gasteiger partial charge on any atom is 0.410 e. The fourth-order valence-corrected chi connectivity index (χ4v) is 5.71. The summed E-state index contributed by atoms with van der Waals surface area (Å²) < 4.78 is 36.8. The van der Waals surface area contributed by atoms with Gasteiger partial charge in [0.15, 0.2) is 0 Å². The topological polar surface area (TPSA) is 120 Å². The van der Waals surface area contributed by atoms with Crippen LogP contribution in [-0.4, -0.2) is 47.1 Å². The first kappa shape index (κ1) is 23.9. The summed E-state index contributed by atoms with van der Waals surface area (Å²) in [5.41, 5.74) is 1.24. The summed E-state index contributed by atoms with van der Waals surface area (Å²) in [6, 6.07) is 16.6. The van der Waals surface area contributed by atoms with Crippen molar-refractivity contribution < 1.29 is 22.1 Å². The van der Waals surface area contributed by atoms with Crippen LogP contribution >= 0.6 is 11.3 Å². The quantitative estimate of drug-likeness (QED) is 0.351. The zero-order chi connectivity index (χ0) is 25.3. The van der Waals surface area contributed by atoms with Crippen molar-refractivity contribution in [2.24, 2.45) is 0 Å². The summed E-state index contributed by atoms with van der Waals surface area (Å²) >= 11 is 1.16. The number of hydrogen-bond acceptors (Lipinski definition) is 9. The van der Waals surface area contributed by atoms with Crippen molar-refractivity contribution in [2.75, 3.05) is 13.1 Å². The highest BCUT2D eigenvalue weighted by atomic mass is 32.2. The van der Waals surface area contributed by atoms with Crippen molar-refractivity contribution in [2.45, 2.75) is 30.8 Å². The van der Waals surface area contributed by atoms with Crippen molar-refractivity contribution in [3.8, 4) is 5.88 Å². The van der Waals surface area contributed by atoms with Crippen molar-refractivity contribution in [1.29, 1.82) is 0 Å². The number of likely N-dealkylation sites (tertiary alicyclic amines) is 1. The molecule has 0 radical (unpaired) electrons. The van der Waals surface area contributed by atoms with E-state index in [0.29, 0.717) is 24.5 Å². The molecule has 1 atom stereocenters. The van der Waals surface area contributed by atoms with Crippen LogP contribution in [0, 0.1) is 6.92 Å². The van der Waals surface area contributed by atoms with E-state index in [0.717, 1.165) is 33.0 Å². The third-order valence-corrected chi connectivity index (χ3v) is 8.05. The smallest absolute Gasteiger partial charge is 0.410 e. The molecule has 1 aliphatic rings. The van der Waals surface area contributed by atoms with Gasteiger partial charge in [-0.2, -0.15) is 23.0 Å². The number of amides is 1. The second-order valence-corrected chi connectivity index (χ2v) is 10.9. The molecule has 1 aliphatic heterocycles. The second-order valence-electron chi connectivity index (χ2n) is 8.39. The molecule has 36 heavy (non-hydrogen) atoms. The van der Waals surface area contributed by atoms with Crippen LogP contribution in [0.1, 0.15) is 28.5 Å². The molecule has 1 amide bonds. The molecule has 2 aromatic carbocycles. The number of aromatic nitrogens is 3. The van der Waals surface area contributed by atoms with Gasteiger partial charge >= 0.3 is 16.2 Å². The SMILES string of the molecule is Cc1ccc(S(=O)(=O)Oc2cc(=O)n3nc(C4CCN(C(=O)OCc5ccccc5)C4)sc3n2)cc1. The Morgan fingerprint density at radius 1 is 1.14 bits per heavy atom. The lowest BCUT2D eigenvalue weighted by molar-refractivity contribution is 0.104. The number of rotatable bonds is 6. The van der Waals surface area contributed by atoms with Gasteiger partial charge in [-0.25, -0.2) is 4.79 Å². The van der Waals surface area contributed by atoms with Crippen molar-refractivity contribution in [3.63, 3.8) is 0 Å². The minimum absolute atomic E-state index is 0.0368. The van der Waals surface area contributed by atoms with Crippen molar-refractivity contribution in [3.05, 3.63) is 87.2 Å². The number of nitrogens with zero attached hydrogens (tertiary/aromatic N) is 4. The molecule has 4 aromatic rings. The van der Waals surface area contributed by atoms with Crippen LogP contribution in [0.3, 0.4) is 0 Å². The Morgan fingerprint density at radius 2 is 1.89 bits per heavy atom. The zero-order valence-electron chi connectivity index (χ0n) is 19.2. The number of carbonyl (C=O) groups is 1. The summed E-state index contributed by atoms with van der Waals surface area (Å²) in [5.74, 6) is -0.422. The molecule has 186 valence electrons. The molecular weight excluding hydrogens is 504 g/mol. The molecule has 12 heteroatoms. The highest BCUT2D eigenvalue weighted by Crippen LogP contribution is 2.31. The lowest BCUT2D eigenvalue weighted by Gasteiger charge is -2.15. The van der Waals surface area contributed by atoms with Crippen LogP contribution in [0.15, 0.2) is 70.4 Å². The van der Waals surface area contributed by atoms with E-state index in [1.54, 1.807) is 17.0 Å². The van der Waals surface area contributed by atoms with E-state index >= 15 is 0 Å². The lowest BCUT2D eigenvalue weighted by Crippen LogP contribution is -2.29. The molecule has 1 fully saturated rings. The minimum atomic E-state index is -4.15. The fourth-order valence-electron chi connectivity index (χ4n) is 3.82. The van der Waals surface area contributed by atoms with Gasteiger partial charge in [-0.3, -0.25) is 4.79 Å². The summed E-state index contributed by atoms with van der Waals surface area (Å²) in [4.78, 5) is 31.0. The first-order valence-corrected chi connectivity index (χ1v) is 13.4. The van der Waals surface area contributed by atoms with Crippen LogP contribution in [0.5, 0.6) is 5.88 Å². The van der Waals surface area contributed by atoms with Crippen molar-refractivity contribution in [1.82, 2.24) is 19.5 Å². The van der Waals surface area contributed by atoms with Gasteiger partial charge in [0.25, 0.3) is 5.56 Å². The van der Waals surface area contributed by atoms with Gasteiger partial charge in [0, 0.05) is 19.0 Å². The van der Waals surface area contributed by atoms with E-state index < -0.39 is 21.8 Å². The zero-order valence-corrected chi connectivity index (χ0v) is 20.9. The summed E-state index contributed by atoms with van der Waals surface area (Å²) in [6.07, 6.45) is 0.245. The van der Waals surface area contributed by atoms with Gasteiger partial charge in [0.2, 0.25) is 10.8 Å². The molecule has 10 nitrogen and oxygen atoms in total. The van der Waals surface area contributed by atoms with E-state index in [4.69, 9.17) is 8.92 Å². The highest BCUT2D eigenvalue weighted by molar-refractivity contribution is 7.87. The van der Waals surface area contributed by atoms with Crippen LogP contribution in [0.4, 0.5) is 4.79 Å². The Kier molecular flexibility index (Phi) is 6.46. The molecule has 3 heterocycles. The predicted molar refractivity (Wildman–Crippen MR) is 132 cm³/mol. The van der Waals surface area contributed by atoms with E-state index in [2.05, 4.69) is 10.1 Å². The molecule has 5 rings (SSSR count). The van der Waals surface area contributed by atoms with E-state index in [1.807, 2.05) is 37.3 Å². The molecule has 0 saturated carbocycles. The molecule has 2 aromatic heterocycles. The van der Waals surface area contributed by atoms with Crippen LogP contribution in [0.2, 0.25) is 0 Å². The molecule has 0 spiro atoms. The van der Waals surface area contributed by atoms with Crippen LogP contribution < -0.4 is 9.74 Å². The Labute approximate surface area is 210 Å². The normalized spacial score (nSPS) is 15.8. The Hall–Kier alpha value is -3.77. The molecule has 0 aliphatic carbocycles. The maximum absolute atomic E-state index is 12.6. The number of ether oxygens (including phenoxy) is 1. The second kappa shape index (κ2) is 9.70. The number of aryl methyl sites for hydroxylation is 1. The number of hydrogen-bond donors (Lipinski definition) is 0. The molecule has 1 saturated heterocycles. The van der Waals surface area contributed by atoms with Crippen molar-refractivity contribution >= 4 is 32.5 Å². The Balaban J connectivity index is 1.29. The van der Waals surface area contributed by atoms with Crippen LogP contribution in [-0.2, 0) is 21.5 Å². The third kappa shape index (κ3) is 5.09. The molecule has 1 unspecified atom stereocenters. The number of benzene rings is 2. The summed E-state index contributed by atoms with van der Waals surface area (Å²) in [6.45, 7) is 2.93. The van der Waals surface area contributed by atoms with Gasteiger partial charge in [-0.1, -0.05) is 59.4 Å². The standard InChI is InChI=1S/C24H22N4O6S2/c1-16-7-9-19(10-8-16)36(31,32)34-20-13-21(29)28-23(25-20)35-22(26-28)18-11-12-27(14-18)24(30)33-15-17-5-3-2-4-6-17/h2-10,13,18H,11-12,14-15H2,1H3.